The Kier molecular flexibility index (Phi) is 8.12. The zero-order valence-electron chi connectivity index (χ0n) is 15.0. The molecule has 0 aromatic rings. The second-order valence-corrected chi connectivity index (χ2v) is 6.83. The number of hydrogen-bond donors (Lipinski definition) is 2. The zero-order chi connectivity index (χ0) is 20.0. The van der Waals surface area contributed by atoms with Crippen LogP contribution in [0.15, 0.2) is 0 Å². The second-order valence-electron chi connectivity index (χ2n) is 6.83. The van der Waals surface area contributed by atoms with Gasteiger partial charge in [-0.15, -0.1) is 0 Å². The summed E-state index contributed by atoms with van der Waals surface area (Å²) in [4.78, 5) is 55.2. The summed E-state index contributed by atoms with van der Waals surface area (Å²) in [6, 6.07) is 0. The number of amides is 2. The van der Waals surface area contributed by atoms with E-state index in [0.29, 0.717) is 0 Å². The molecule has 0 radical (unpaired) electrons. The molecule has 0 saturated carbocycles. The summed E-state index contributed by atoms with van der Waals surface area (Å²) < 4.78 is 4.23. The summed E-state index contributed by atoms with van der Waals surface area (Å²) in [5.41, 5.74) is -1.86. The SMILES string of the molecule is CC(C)(C)ON(C=O)C(O)C(=O)OC(=O)C(O)N(C=O)OC(C)(C)C. The topological polar surface area (TPSA) is 143 Å². The molecule has 2 N–H and O–H groups in total. The zero-order valence-corrected chi connectivity index (χ0v) is 15.0. The van der Waals surface area contributed by atoms with Crippen molar-refractivity contribution in [2.75, 3.05) is 0 Å². The molecular formula is C14H24N2O9. The second kappa shape index (κ2) is 8.85. The van der Waals surface area contributed by atoms with Crippen LogP contribution in [0.4, 0.5) is 0 Å². The number of carbonyl (C=O) groups excluding carboxylic acids is 4. The fraction of sp³-hybridized carbons (Fsp3) is 0.714. The number of aliphatic hydroxyl groups excluding tert-OH is 2. The number of ether oxygens (including phenoxy) is 1. The number of rotatable bonds is 8. The fourth-order valence-electron chi connectivity index (χ4n) is 1.30. The summed E-state index contributed by atoms with van der Waals surface area (Å²) >= 11 is 0. The normalized spacial score (nSPS) is 14.2. The van der Waals surface area contributed by atoms with Gasteiger partial charge in [0.1, 0.15) is 0 Å². The van der Waals surface area contributed by atoms with Gasteiger partial charge in [-0.25, -0.2) is 9.59 Å². The molecule has 0 saturated heterocycles. The number of carbonyl (C=O) groups is 4. The van der Waals surface area contributed by atoms with Crippen LogP contribution in [0.3, 0.4) is 0 Å². The lowest BCUT2D eigenvalue weighted by Crippen LogP contribution is -2.49. The Balaban J connectivity index is 4.94. The first kappa shape index (κ1) is 22.9. The average molecular weight is 364 g/mol. The Hall–Kier alpha value is -2.08. The molecule has 0 bridgehead atoms. The van der Waals surface area contributed by atoms with Gasteiger partial charge in [-0.05, 0) is 41.5 Å². The maximum atomic E-state index is 11.7. The molecule has 0 rings (SSSR count). The first-order valence-corrected chi connectivity index (χ1v) is 7.19. The Morgan fingerprint density at radius 2 is 1.08 bits per heavy atom. The van der Waals surface area contributed by atoms with Crippen molar-refractivity contribution in [1.82, 2.24) is 10.1 Å². The summed E-state index contributed by atoms with van der Waals surface area (Å²) in [5, 5.41) is 19.9. The van der Waals surface area contributed by atoms with Crippen LogP contribution in [-0.4, -0.2) is 68.8 Å². The number of hydrogen-bond acceptors (Lipinski definition) is 9. The molecule has 0 spiro atoms. The van der Waals surface area contributed by atoms with Crippen molar-refractivity contribution in [2.24, 2.45) is 0 Å². The third kappa shape index (κ3) is 8.54. The highest BCUT2D eigenvalue weighted by Gasteiger charge is 2.35. The highest BCUT2D eigenvalue weighted by Crippen LogP contribution is 2.13. The van der Waals surface area contributed by atoms with Gasteiger partial charge in [0.15, 0.2) is 0 Å². The lowest BCUT2D eigenvalue weighted by molar-refractivity contribution is -0.272. The molecule has 0 heterocycles. The van der Waals surface area contributed by atoms with Crippen molar-refractivity contribution in [3.63, 3.8) is 0 Å². The molecule has 11 heteroatoms. The maximum absolute atomic E-state index is 11.7. The van der Waals surface area contributed by atoms with Crippen LogP contribution in [0.25, 0.3) is 0 Å². The van der Waals surface area contributed by atoms with Crippen molar-refractivity contribution in [1.29, 1.82) is 0 Å². The van der Waals surface area contributed by atoms with Crippen LogP contribution in [0.2, 0.25) is 0 Å². The molecular weight excluding hydrogens is 340 g/mol. The van der Waals surface area contributed by atoms with Gasteiger partial charge < -0.3 is 14.9 Å². The molecule has 11 nitrogen and oxygen atoms in total. The predicted octanol–water partition coefficient (Wildman–Crippen LogP) is -0.930. The van der Waals surface area contributed by atoms with E-state index in [4.69, 9.17) is 9.68 Å². The quantitative estimate of drug-likeness (QED) is 0.183. The Morgan fingerprint density at radius 1 is 0.800 bits per heavy atom. The smallest absolute Gasteiger partial charge is 0.366 e. The summed E-state index contributed by atoms with van der Waals surface area (Å²) in [6.07, 6.45) is -4.50. The molecule has 0 fully saturated rings. The van der Waals surface area contributed by atoms with Gasteiger partial charge in [0.05, 0.1) is 11.2 Å². The molecule has 2 atom stereocenters. The van der Waals surface area contributed by atoms with Gasteiger partial charge in [-0.2, -0.15) is 10.1 Å². The van der Waals surface area contributed by atoms with Crippen LogP contribution < -0.4 is 0 Å². The van der Waals surface area contributed by atoms with Crippen LogP contribution in [0.1, 0.15) is 41.5 Å². The third-order valence-electron chi connectivity index (χ3n) is 2.07. The van der Waals surface area contributed by atoms with Crippen LogP contribution in [0.5, 0.6) is 0 Å². The molecule has 0 aliphatic carbocycles. The van der Waals surface area contributed by atoms with Gasteiger partial charge in [0.25, 0.3) is 12.5 Å². The predicted molar refractivity (Wildman–Crippen MR) is 80.6 cm³/mol. The molecule has 0 aromatic carbocycles. The maximum Gasteiger partial charge on any atom is 0.366 e. The minimum Gasteiger partial charge on any atom is -0.386 e. The first-order valence-electron chi connectivity index (χ1n) is 7.19. The third-order valence-corrected chi connectivity index (χ3v) is 2.07. The van der Waals surface area contributed by atoms with Gasteiger partial charge in [-0.3, -0.25) is 19.3 Å². The van der Waals surface area contributed by atoms with Crippen molar-refractivity contribution < 1.29 is 43.8 Å². The van der Waals surface area contributed by atoms with Gasteiger partial charge in [-0.1, -0.05) is 0 Å². The molecule has 25 heavy (non-hydrogen) atoms. The van der Waals surface area contributed by atoms with Gasteiger partial charge in [0, 0.05) is 0 Å². The Labute approximate surface area is 144 Å². The van der Waals surface area contributed by atoms with E-state index in [1.54, 1.807) is 41.5 Å². The fourth-order valence-corrected chi connectivity index (χ4v) is 1.30. The average Bonchev–Trinajstić information content (AvgIpc) is 2.46. The van der Waals surface area contributed by atoms with E-state index >= 15 is 0 Å². The standard InChI is InChI=1S/C14H24N2O9/c1-13(2,3)24-15(7-17)9(19)11(21)23-12(22)10(20)16(8-18)25-14(4,5)6/h7-10,19-20H,1-6H3. The van der Waals surface area contributed by atoms with E-state index in [1.807, 2.05) is 0 Å². The lowest BCUT2D eigenvalue weighted by Gasteiger charge is -2.30. The molecule has 2 unspecified atom stereocenters. The molecule has 0 aliphatic heterocycles. The van der Waals surface area contributed by atoms with Gasteiger partial charge in [0.2, 0.25) is 12.8 Å². The Bertz CT molecular complexity index is 452. The van der Waals surface area contributed by atoms with Crippen molar-refractivity contribution in [3.8, 4) is 0 Å². The van der Waals surface area contributed by atoms with E-state index in [9.17, 15) is 29.4 Å². The monoisotopic (exact) mass is 364 g/mol. The van der Waals surface area contributed by atoms with Crippen LogP contribution in [0, 0.1) is 0 Å². The minimum absolute atomic E-state index is 0.0124. The molecule has 0 aromatic heterocycles. The van der Waals surface area contributed by atoms with E-state index in [-0.39, 0.29) is 22.9 Å². The number of nitrogens with zero attached hydrogens (tertiary/aromatic N) is 2. The van der Waals surface area contributed by atoms with Crippen LogP contribution >= 0.6 is 0 Å². The summed E-state index contributed by atoms with van der Waals surface area (Å²) in [7, 11) is 0. The summed E-state index contributed by atoms with van der Waals surface area (Å²) in [6.45, 7) is 9.26. The van der Waals surface area contributed by atoms with E-state index in [1.165, 1.54) is 0 Å². The van der Waals surface area contributed by atoms with E-state index in [0.717, 1.165) is 0 Å². The summed E-state index contributed by atoms with van der Waals surface area (Å²) in [5.74, 6) is -3.19. The van der Waals surface area contributed by atoms with E-state index < -0.39 is 35.6 Å². The molecule has 2 amide bonds. The van der Waals surface area contributed by atoms with Crippen LogP contribution in [-0.2, 0) is 33.6 Å². The number of hydroxylamine groups is 4. The Morgan fingerprint density at radius 3 is 1.28 bits per heavy atom. The highest BCUT2D eigenvalue weighted by atomic mass is 16.7. The van der Waals surface area contributed by atoms with Crippen molar-refractivity contribution in [2.45, 2.75) is 65.2 Å². The first-order chi connectivity index (χ1) is 11.2. The number of aliphatic hydroxyl groups is 2. The number of esters is 2. The highest BCUT2D eigenvalue weighted by molar-refractivity contribution is 5.90. The molecule has 144 valence electrons. The molecule has 0 aliphatic rings. The largest absolute Gasteiger partial charge is 0.386 e. The van der Waals surface area contributed by atoms with Crippen molar-refractivity contribution >= 4 is 24.8 Å². The van der Waals surface area contributed by atoms with Crippen molar-refractivity contribution in [3.05, 3.63) is 0 Å². The van der Waals surface area contributed by atoms with Gasteiger partial charge >= 0.3 is 11.9 Å². The van der Waals surface area contributed by atoms with E-state index in [2.05, 4.69) is 4.74 Å². The lowest BCUT2D eigenvalue weighted by atomic mass is 10.2. The minimum atomic E-state index is -2.26.